The fourth-order valence-corrected chi connectivity index (χ4v) is 3.89. The minimum absolute atomic E-state index is 0.163. The lowest BCUT2D eigenvalue weighted by molar-refractivity contribution is -0.0943. The normalized spacial score (nSPS) is 16.3. The number of hydrogen-bond donors (Lipinski definition) is 2. The molecule has 1 aliphatic heterocycles. The molecule has 0 bridgehead atoms. The van der Waals surface area contributed by atoms with Crippen LogP contribution in [0.5, 0.6) is 0 Å². The molecule has 4 rings (SSSR count). The van der Waals surface area contributed by atoms with E-state index in [1.54, 1.807) is 4.90 Å². The molecule has 2 N–H and O–H groups in total. The van der Waals surface area contributed by atoms with Crippen molar-refractivity contribution in [3.05, 3.63) is 75.6 Å². The smallest absolute Gasteiger partial charge is 0.322 e. The van der Waals surface area contributed by atoms with E-state index >= 15 is 0 Å². The van der Waals surface area contributed by atoms with Crippen molar-refractivity contribution in [3.63, 3.8) is 0 Å². The van der Waals surface area contributed by atoms with Crippen LogP contribution in [0.15, 0.2) is 53.3 Å². The van der Waals surface area contributed by atoms with Gasteiger partial charge < -0.3 is 24.7 Å². The van der Waals surface area contributed by atoms with Crippen LogP contribution < -0.4 is 10.9 Å². The van der Waals surface area contributed by atoms with Crippen molar-refractivity contribution in [1.29, 1.82) is 0 Å². The number of fused-ring (bicyclic) bond motifs is 1. The Balaban J connectivity index is 1.62. The standard InChI is InChI=1S/C24H27N3O4/c1-16-10-17(2)22-18(11-16)12-19(23(28)26-22)13-27(14-21-15-30-8-9-31-21)24(29)25-20-6-4-3-5-7-20/h3-7,10-12,21H,8-9,13-15H2,1-2H3,(H,25,29)(H,26,28). The number of ether oxygens (including phenoxy) is 2. The van der Waals surface area contributed by atoms with E-state index in [0.29, 0.717) is 37.6 Å². The number of aromatic nitrogens is 1. The maximum atomic E-state index is 13.1. The van der Waals surface area contributed by atoms with Crippen molar-refractivity contribution < 1.29 is 14.3 Å². The fourth-order valence-electron chi connectivity index (χ4n) is 3.89. The van der Waals surface area contributed by atoms with E-state index in [-0.39, 0.29) is 24.2 Å². The van der Waals surface area contributed by atoms with Gasteiger partial charge in [-0.05, 0) is 49.1 Å². The number of urea groups is 1. The van der Waals surface area contributed by atoms with Crippen LogP contribution in [0.3, 0.4) is 0 Å². The first-order valence-corrected chi connectivity index (χ1v) is 10.4. The first kappa shape index (κ1) is 21.1. The molecule has 3 aromatic rings. The first-order chi connectivity index (χ1) is 15.0. The summed E-state index contributed by atoms with van der Waals surface area (Å²) in [6.45, 7) is 5.95. The van der Waals surface area contributed by atoms with Gasteiger partial charge in [0.25, 0.3) is 5.56 Å². The van der Waals surface area contributed by atoms with Gasteiger partial charge >= 0.3 is 6.03 Å². The summed E-state index contributed by atoms with van der Waals surface area (Å²) in [6.07, 6.45) is -0.237. The third-order valence-corrected chi connectivity index (χ3v) is 5.35. The van der Waals surface area contributed by atoms with Crippen LogP contribution in [0.1, 0.15) is 16.7 Å². The van der Waals surface area contributed by atoms with Crippen molar-refractivity contribution in [3.8, 4) is 0 Å². The highest BCUT2D eigenvalue weighted by atomic mass is 16.6. The van der Waals surface area contributed by atoms with Gasteiger partial charge in [0, 0.05) is 11.3 Å². The second-order valence-electron chi connectivity index (χ2n) is 7.91. The lowest BCUT2D eigenvalue weighted by atomic mass is 10.1. The molecule has 1 unspecified atom stereocenters. The molecule has 0 spiro atoms. The number of rotatable bonds is 5. The molecule has 1 aliphatic rings. The summed E-state index contributed by atoms with van der Waals surface area (Å²) < 4.78 is 11.2. The first-order valence-electron chi connectivity index (χ1n) is 10.4. The van der Waals surface area contributed by atoms with Crippen LogP contribution in [0.25, 0.3) is 10.9 Å². The lowest BCUT2D eigenvalue weighted by Gasteiger charge is -2.30. The van der Waals surface area contributed by atoms with E-state index < -0.39 is 0 Å². The molecule has 1 atom stereocenters. The van der Waals surface area contributed by atoms with Crippen LogP contribution in [0.2, 0.25) is 0 Å². The van der Waals surface area contributed by atoms with Gasteiger partial charge in [0.05, 0.1) is 44.5 Å². The van der Waals surface area contributed by atoms with Crippen molar-refractivity contribution in [2.75, 3.05) is 31.7 Å². The maximum Gasteiger partial charge on any atom is 0.322 e. The Morgan fingerprint density at radius 2 is 1.97 bits per heavy atom. The van der Waals surface area contributed by atoms with E-state index in [0.717, 1.165) is 22.0 Å². The molecule has 1 saturated heterocycles. The Morgan fingerprint density at radius 1 is 1.16 bits per heavy atom. The molecule has 0 radical (unpaired) electrons. The average molecular weight is 421 g/mol. The Kier molecular flexibility index (Phi) is 6.34. The van der Waals surface area contributed by atoms with Gasteiger partial charge in [0.1, 0.15) is 0 Å². The largest absolute Gasteiger partial charge is 0.376 e. The molecule has 0 aliphatic carbocycles. The quantitative estimate of drug-likeness (QED) is 0.659. The van der Waals surface area contributed by atoms with Crippen LogP contribution in [-0.4, -0.2) is 48.4 Å². The molecule has 2 amide bonds. The number of pyridine rings is 1. The topological polar surface area (TPSA) is 83.7 Å². The van der Waals surface area contributed by atoms with Crippen molar-refractivity contribution >= 4 is 22.6 Å². The van der Waals surface area contributed by atoms with Crippen molar-refractivity contribution in [2.45, 2.75) is 26.5 Å². The second kappa shape index (κ2) is 9.32. The Bertz CT molecular complexity index is 1120. The molecule has 1 fully saturated rings. The van der Waals surface area contributed by atoms with Crippen LogP contribution in [-0.2, 0) is 16.0 Å². The molecular formula is C24H27N3O4. The number of amides is 2. The maximum absolute atomic E-state index is 13.1. The number of H-pyrrole nitrogens is 1. The average Bonchev–Trinajstić information content (AvgIpc) is 2.76. The number of anilines is 1. The van der Waals surface area contributed by atoms with E-state index in [2.05, 4.69) is 10.3 Å². The number of aromatic amines is 1. The van der Waals surface area contributed by atoms with Crippen molar-refractivity contribution in [2.24, 2.45) is 0 Å². The molecular weight excluding hydrogens is 394 g/mol. The third-order valence-electron chi connectivity index (χ3n) is 5.35. The van der Waals surface area contributed by atoms with Crippen LogP contribution in [0.4, 0.5) is 10.5 Å². The van der Waals surface area contributed by atoms with Gasteiger partial charge in [-0.25, -0.2) is 4.79 Å². The van der Waals surface area contributed by atoms with E-state index in [1.807, 2.05) is 62.4 Å². The zero-order valence-corrected chi connectivity index (χ0v) is 17.8. The van der Waals surface area contributed by atoms with Gasteiger partial charge in [-0.2, -0.15) is 0 Å². The number of nitrogens with one attached hydrogen (secondary N) is 2. The minimum atomic E-state index is -0.291. The molecule has 7 heteroatoms. The SMILES string of the molecule is Cc1cc(C)c2[nH]c(=O)c(CN(CC3COCCO3)C(=O)Nc3ccccc3)cc2c1. The van der Waals surface area contributed by atoms with Gasteiger partial charge in [-0.15, -0.1) is 0 Å². The number of nitrogens with zero attached hydrogens (tertiary/aromatic N) is 1. The summed E-state index contributed by atoms with van der Waals surface area (Å²) in [6, 6.07) is 14.9. The molecule has 162 valence electrons. The zero-order valence-electron chi connectivity index (χ0n) is 17.8. The van der Waals surface area contributed by atoms with Crippen molar-refractivity contribution in [1.82, 2.24) is 9.88 Å². The Hall–Kier alpha value is -3.16. The molecule has 31 heavy (non-hydrogen) atoms. The number of aryl methyl sites for hydroxylation is 2. The summed E-state index contributed by atoms with van der Waals surface area (Å²) >= 11 is 0. The predicted octanol–water partition coefficient (Wildman–Crippen LogP) is 3.59. The zero-order chi connectivity index (χ0) is 21.8. The van der Waals surface area contributed by atoms with E-state index in [4.69, 9.17) is 9.47 Å². The number of benzene rings is 2. The summed E-state index contributed by atoms with van der Waals surface area (Å²) in [7, 11) is 0. The molecule has 2 heterocycles. The number of carbonyl (C=O) groups is 1. The van der Waals surface area contributed by atoms with Gasteiger partial charge in [0.2, 0.25) is 0 Å². The minimum Gasteiger partial charge on any atom is -0.376 e. The van der Waals surface area contributed by atoms with E-state index in [9.17, 15) is 9.59 Å². The van der Waals surface area contributed by atoms with E-state index in [1.165, 1.54) is 0 Å². The highest BCUT2D eigenvalue weighted by Crippen LogP contribution is 2.19. The van der Waals surface area contributed by atoms with Gasteiger partial charge in [-0.3, -0.25) is 4.79 Å². The summed E-state index contributed by atoms with van der Waals surface area (Å²) in [4.78, 5) is 30.5. The highest BCUT2D eigenvalue weighted by molar-refractivity contribution is 5.89. The third kappa shape index (κ3) is 5.13. The fraction of sp³-hybridized carbons (Fsp3) is 0.333. The number of hydrogen-bond acceptors (Lipinski definition) is 4. The monoisotopic (exact) mass is 421 g/mol. The second-order valence-corrected chi connectivity index (χ2v) is 7.91. The molecule has 7 nitrogen and oxygen atoms in total. The summed E-state index contributed by atoms with van der Waals surface area (Å²) in [5, 5.41) is 3.86. The van der Waals surface area contributed by atoms with Crippen LogP contribution >= 0.6 is 0 Å². The molecule has 2 aromatic carbocycles. The number of para-hydroxylation sites is 1. The molecule has 1 aromatic heterocycles. The lowest BCUT2D eigenvalue weighted by Crippen LogP contribution is -2.44. The highest BCUT2D eigenvalue weighted by Gasteiger charge is 2.23. The summed E-state index contributed by atoms with van der Waals surface area (Å²) in [5.74, 6) is 0. The Morgan fingerprint density at radius 3 is 2.71 bits per heavy atom. The Labute approximate surface area is 181 Å². The van der Waals surface area contributed by atoms with Gasteiger partial charge in [-0.1, -0.05) is 29.8 Å². The van der Waals surface area contributed by atoms with Gasteiger partial charge in [0.15, 0.2) is 0 Å². The molecule has 0 saturated carbocycles. The number of carbonyl (C=O) groups excluding carboxylic acids is 1. The van der Waals surface area contributed by atoms with Crippen LogP contribution in [0, 0.1) is 13.8 Å². The predicted molar refractivity (Wildman–Crippen MR) is 120 cm³/mol. The summed E-state index contributed by atoms with van der Waals surface area (Å²) in [5.41, 5.74) is 3.98.